The fourth-order valence-electron chi connectivity index (χ4n) is 2.47. The molecule has 2 aromatic rings. The molecule has 0 aliphatic rings. The van der Waals surface area contributed by atoms with Gasteiger partial charge in [0.1, 0.15) is 5.75 Å². The van der Waals surface area contributed by atoms with Crippen molar-refractivity contribution in [1.29, 1.82) is 0 Å². The van der Waals surface area contributed by atoms with Gasteiger partial charge >= 0.3 is 11.9 Å². The number of benzene rings is 2. The second kappa shape index (κ2) is 9.71. The number of carbonyl (C=O) groups excluding carboxylic acids is 2. The molecule has 0 amide bonds. The van der Waals surface area contributed by atoms with Gasteiger partial charge in [-0.05, 0) is 99.5 Å². The zero-order valence-electron chi connectivity index (χ0n) is 15.7. The molecule has 0 heterocycles. The maximum Gasteiger partial charge on any atom is 0.349 e. The Balaban J connectivity index is 2.15. The van der Waals surface area contributed by atoms with Crippen LogP contribution in [-0.2, 0) is 19.6 Å². The predicted octanol–water partition coefficient (Wildman–Crippen LogP) is 4.34. The Bertz CT molecular complexity index is 1060. The van der Waals surface area contributed by atoms with E-state index in [-0.39, 0.29) is 16.6 Å². The van der Waals surface area contributed by atoms with Crippen LogP contribution in [0.3, 0.4) is 0 Å². The number of ether oxygens (including phenoxy) is 2. The third-order valence-electron chi connectivity index (χ3n) is 3.90. The topological polar surface area (TPSA) is 107 Å². The van der Waals surface area contributed by atoms with Crippen LogP contribution in [0.15, 0.2) is 35.2 Å². The molecule has 0 aliphatic carbocycles. The number of esters is 2. The average molecular weight is 644 g/mol. The Kier molecular flexibility index (Phi) is 8.04. The molecule has 0 unspecified atom stereocenters. The zero-order chi connectivity index (χ0) is 21.9. The van der Waals surface area contributed by atoms with Gasteiger partial charge in [-0.15, -0.1) is 0 Å². The van der Waals surface area contributed by atoms with Gasteiger partial charge in [0.05, 0.1) is 10.5 Å². The first kappa shape index (κ1) is 24.0. The lowest BCUT2D eigenvalue weighted by Crippen LogP contribution is -2.20. The van der Waals surface area contributed by atoms with Gasteiger partial charge in [-0.25, -0.2) is 9.59 Å². The normalized spacial score (nSPS) is 11.4. The van der Waals surface area contributed by atoms with Crippen LogP contribution in [0.5, 0.6) is 5.75 Å². The number of hydrogen-bond donors (Lipinski definition) is 1. The highest BCUT2D eigenvalue weighted by molar-refractivity contribution is 14.1. The van der Waals surface area contributed by atoms with E-state index in [1.54, 1.807) is 32.9 Å². The van der Waals surface area contributed by atoms with Gasteiger partial charge in [-0.2, -0.15) is 8.42 Å². The maximum atomic E-state index is 12.2. The largest absolute Gasteiger partial charge is 0.450 e. The molecule has 0 bridgehead atoms. The molecule has 0 saturated carbocycles. The second-order valence-corrected chi connectivity index (χ2v) is 10.3. The number of hydrogen-bond acceptors (Lipinski definition) is 6. The van der Waals surface area contributed by atoms with E-state index >= 15 is 0 Å². The Morgan fingerprint density at radius 3 is 2.38 bits per heavy atom. The van der Waals surface area contributed by atoms with E-state index in [1.165, 1.54) is 12.1 Å². The molecule has 7 nitrogen and oxygen atoms in total. The summed E-state index contributed by atoms with van der Waals surface area (Å²) >= 11 is 4.07. The lowest BCUT2D eigenvalue weighted by Gasteiger charge is -2.15. The molecule has 0 atom stereocenters. The number of halogens is 2. The molecule has 0 radical (unpaired) electrons. The molecule has 29 heavy (non-hydrogen) atoms. The minimum Gasteiger partial charge on any atom is -0.450 e. The first-order valence-corrected chi connectivity index (χ1v) is 11.9. The summed E-state index contributed by atoms with van der Waals surface area (Å²) < 4.78 is 44.4. The second-order valence-electron chi connectivity index (χ2n) is 6.46. The Morgan fingerprint density at radius 2 is 1.79 bits per heavy atom. The fraction of sp³-hybridized carbons (Fsp3) is 0.263. The van der Waals surface area contributed by atoms with Gasteiger partial charge in [-0.3, -0.25) is 4.55 Å². The van der Waals surface area contributed by atoms with E-state index < -0.39 is 28.7 Å². The minimum absolute atomic E-state index is 0.131. The quantitative estimate of drug-likeness (QED) is 0.216. The zero-order valence-corrected chi connectivity index (χ0v) is 20.9. The first-order valence-electron chi connectivity index (χ1n) is 8.35. The molecule has 0 saturated heterocycles. The van der Waals surface area contributed by atoms with Crippen LogP contribution in [0.1, 0.15) is 41.3 Å². The van der Waals surface area contributed by atoms with Crippen LogP contribution in [0.2, 0.25) is 0 Å². The molecule has 0 spiro atoms. The first-order chi connectivity index (χ1) is 13.4. The van der Waals surface area contributed by atoms with Crippen LogP contribution in [0, 0.1) is 14.1 Å². The molecule has 2 rings (SSSR count). The van der Waals surface area contributed by atoms with Crippen LogP contribution in [0.25, 0.3) is 0 Å². The number of aryl methyl sites for hydroxylation is 1. The van der Waals surface area contributed by atoms with E-state index in [9.17, 15) is 22.6 Å². The van der Waals surface area contributed by atoms with Crippen molar-refractivity contribution >= 4 is 67.2 Å². The Morgan fingerprint density at radius 1 is 1.14 bits per heavy atom. The molecule has 0 aliphatic heterocycles. The van der Waals surface area contributed by atoms with E-state index in [4.69, 9.17) is 9.47 Å². The van der Waals surface area contributed by atoms with Crippen LogP contribution < -0.4 is 4.74 Å². The lowest BCUT2D eigenvalue weighted by atomic mass is 10.0. The monoisotopic (exact) mass is 644 g/mol. The smallest absolute Gasteiger partial charge is 0.349 e. The highest BCUT2D eigenvalue weighted by Crippen LogP contribution is 2.31. The van der Waals surface area contributed by atoms with Gasteiger partial charge < -0.3 is 9.47 Å². The Hall–Kier alpha value is -1.25. The third kappa shape index (κ3) is 6.36. The predicted molar refractivity (Wildman–Crippen MR) is 123 cm³/mol. The molecule has 1 N–H and O–H groups in total. The molecule has 10 heteroatoms. The van der Waals surface area contributed by atoms with Crippen molar-refractivity contribution in [3.8, 4) is 5.75 Å². The standard InChI is InChI=1S/C19H18I2O7S/c1-10(2)13-8-16(11(3)6-17(13)29(24,25)26)28-18(22)9-27-19(23)14-7-12(20)4-5-15(14)21/h4-8,10H,9H2,1-3H3,(H,24,25,26). The van der Waals surface area contributed by atoms with Gasteiger partial charge in [0.15, 0.2) is 6.61 Å². The fourth-order valence-corrected chi connectivity index (χ4v) is 4.44. The highest BCUT2D eigenvalue weighted by atomic mass is 127. The molecule has 2 aromatic carbocycles. The van der Waals surface area contributed by atoms with E-state index in [0.29, 0.717) is 20.3 Å². The van der Waals surface area contributed by atoms with E-state index in [1.807, 2.05) is 28.7 Å². The van der Waals surface area contributed by atoms with Gasteiger partial charge in [0.2, 0.25) is 0 Å². The lowest BCUT2D eigenvalue weighted by molar-refractivity contribution is -0.137. The van der Waals surface area contributed by atoms with Crippen LogP contribution in [-0.4, -0.2) is 31.5 Å². The van der Waals surface area contributed by atoms with Crippen molar-refractivity contribution in [2.75, 3.05) is 6.61 Å². The summed E-state index contributed by atoms with van der Waals surface area (Å²) in [5, 5.41) is 0. The van der Waals surface area contributed by atoms with Crippen molar-refractivity contribution in [1.82, 2.24) is 0 Å². The molecule has 156 valence electrons. The summed E-state index contributed by atoms with van der Waals surface area (Å²) in [4.78, 5) is 24.1. The van der Waals surface area contributed by atoms with Crippen molar-refractivity contribution in [3.05, 3.63) is 54.2 Å². The van der Waals surface area contributed by atoms with E-state index in [2.05, 4.69) is 22.6 Å². The van der Waals surface area contributed by atoms with Gasteiger partial charge in [-0.1, -0.05) is 13.8 Å². The summed E-state index contributed by atoms with van der Waals surface area (Å²) in [5.41, 5.74) is 1.00. The van der Waals surface area contributed by atoms with Gasteiger partial charge in [0, 0.05) is 7.14 Å². The summed E-state index contributed by atoms with van der Waals surface area (Å²) in [6.07, 6.45) is 0. The number of rotatable bonds is 6. The van der Waals surface area contributed by atoms with E-state index in [0.717, 1.165) is 3.57 Å². The summed E-state index contributed by atoms with van der Waals surface area (Å²) in [6, 6.07) is 7.91. The third-order valence-corrected chi connectivity index (χ3v) is 6.42. The van der Waals surface area contributed by atoms with Crippen molar-refractivity contribution in [3.63, 3.8) is 0 Å². The summed E-state index contributed by atoms with van der Waals surface area (Å²) in [7, 11) is -4.42. The molecular formula is C19H18I2O7S. The highest BCUT2D eigenvalue weighted by Gasteiger charge is 2.22. The Labute approximate surface area is 196 Å². The summed E-state index contributed by atoms with van der Waals surface area (Å²) in [5.74, 6) is -1.57. The minimum atomic E-state index is -4.42. The van der Waals surface area contributed by atoms with Crippen molar-refractivity contribution < 1.29 is 32.0 Å². The SMILES string of the molecule is Cc1cc(S(=O)(=O)O)c(C(C)C)cc1OC(=O)COC(=O)c1cc(I)ccc1I. The average Bonchev–Trinajstić information content (AvgIpc) is 2.62. The van der Waals surface area contributed by atoms with Crippen molar-refractivity contribution in [2.45, 2.75) is 31.6 Å². The molecular weight excluding hydrogens is 626 g/mol. The van der Waals surface area contributed by atoms with Crippen LogP contribution >= 0.6 is 45.2 Å². The van der Waals surface area contributed by atoms with Crippen molar-refractivity contribution in [2.24, 2.45) is 0 Å². The summed E-state index contributed by atoms with van der Waals surface area (Å²) in [6.45, 7) is 4.43. The van der Waals surface area contributed by atoms with Crippen LogP contribution in [0.4, 0.5) is 0 Å². The molecule has 0 fully saturated rings. The number of carbonyl (C=O) groups is 2. The van der Waals surface area contributed by atoms with Gasteiger partial charge in [0.25, 0.3) is 10.1 Å². The maximum absolute atomic E-state index is 12.2. The molecule has 0 aromatic heterocycles.